The first-order valence-corrected chi connectivity index (χ1v) is 7.97. The third kappa shape index (κ3) is 3.67. The second kappa shape index (κ2) is 6.19. The summed E-state index contributed by atoms with van der Waals surface area (Å²) in [7, 11) is 0.306. The zero-order valence-corrected chi connectivity index (χ0v) is 12.2. The van der Waals surface area contributed by atoms with Crippen LogP contribution >= 0.6 is 0 Å². The van der Waals surface area contributed by atoms with E-state index in [0.29, 0.717) is 23.5 Å². The molecule has 0 radical (unpaired) electrons. The van der Waals surface area contributed by atoms with Crippen LogP contribution in [0.25, 0.3) is 0 Å². The Hall–Kier alpha value is -1.67. The topological polar surface area (TPSA) is 67.2 Å². The van der Waals surface area contributed by atoms with Gasteiger partial charge in [-0.2, -0.15) is 5.26 Å². The lowest BCUT2D eigenvalue weighted by Gasteiger charge is -2.13. The Kier molecular flexibility index (Phi) is 4.56. The number of benzene rings is 1. The van der Waals surface area contributed by atoms with Crippen molar-refractivity contribution >= 4 is 16.8 Å². The van der Waals surface area contributed by atoms with Crippen LogP contribution in [0.3, 0.4) is 0 Å². The zero-order chi connectivity index (χ0) is 14.6. The molecule has 1 aliphatic rings. The van der Waals surface area contributed by atoms with Gasteiger partial charge in [0, 0.05) is 22.3 Å². The van der Waals surface area contributed by atoms with Gasteiger partial charge in [0.25, 0.3) is 0 Å². The zero-order valence-electron chi connectivity index (χ0n) is 11.4. The van der Waals surface area contributed by atoms with Gasteiger partial charge in [-0.3, -0.25) is 9.00 Å². The van der Waals surface area contributed by atoms with E-state index in [1.54, 1.807) is 12.1 Å². The number of methoxy groups -OCH3 is 1. The van der Waals surface area contributed by atoms with Crippen LogP contribution in [-0.4, -0.2) is 23.0 Å². The lowest BCUT2D eigenvalue weighted by molar-refractivity contribution is -0.141. The molecule has 5 heteroatoms. The van der Waals surface area contributed by atoms with Crippen LogP contribution < -0.4 is 0 Å². The molecular formula is C15H17NO3S. The molecule has 0 N–H and O–H groups in total. The monoisotopic (exact) mass is 291 g/mol. The molecular weight excluding hydrogens is 274 g/mol. The Labute approximate surface area is 121 Å². The number of carbonyl (C=O) groups is 1. The largest absolute Gasteiger partial charge is 0.469 e. The van der Waals surface area contributed by atoms with Crippen LogP contribution in [0.4, 0.5) is 0 Å². The summed E-state index contributed by atoms with van der Waals surface area (Å²) in [6.45, 7) is 0. The van der Waals surface area contributed by atoms with Gasteiger partial charge in [0.1, 0.15) is 0 Å². The average Bonchev–Trinajstić information content (AvgIpc) is 3.18. The molecule has 0 amide bonds. The second-order valence-electron chi connectivity index (χ2n) is 5.25. The molecule has 20 heavy (non-hydrogen) atoms. The highest BCUT2D eigenvalue weighted by Crippen LogP contribution is 2.49. The number of nitriles is 1. The second-order valence-corrected chi connectivity index (χ2v) is 6.71. The summed E-state index contributed by atoms with van der Waals surface area (Å²) in [5.41, 5.74) is 1.24. The van der Waals surface area contributed by atoms with Crippen molar-refractivity contribution in [3.8, 4) is 6.07 Å². The first kappa shape index (κ1) is 14.7. The SMILES string of the molecule is COC(=O)CC1(CS(=O)Cc2ccccc2C#N)CC1. The molecule has 1 aliphatic carbocycles. The molecule has 0 spiro atoms. The number of hydrogen-bond donors (Lipinski definition) is 0. The standard InChI is InChI=1S/C15H17NO3S/c1-19-14(17)8-15(6-7-15)11-20(18)10-13-5-3-2-4-12(13)9-16/h2-5H,6-8,10-11H2,1H3. The maximum absolute atomic E-state index is 12.3. The highest BCUT2D eigenvalue weighted by molar-refractivity contribution is 7.84. The molecule has 2 rings (SSSR count). The minimum Gasteiger partial charge on any atom is -0.469 e. The average molecular weight is 291 g/mol. The van der Waals surface area contributed by atoms with Gasteiger partial charge >= 0.3 is 5.97 Å². The third-order valence-electron chi connectivity index (χ3n) is 3.63. The number of nitrogens with zero attached hydrogens (tertiary/aromatic N) is 1. The summed E-state index contributed by atoms with van der Waals surface area (Å²) >= 11 is 0. The van der Waals surface area contributed by atoms with E-state index in [-0.39, 0.29) is 11.4 Å². The number of hydrogen-bond acceptors (Lipinski definition) is 4. The summed E-state index contributed by atoms with van der Waals surface area (Å²) in [5, 5.41) is 9.02. The predicted octanol–water partition coefficient (Wildman–Crippen LogP) is 2.15. The van der Waals surface area contributed by atoms with Crippen molar-refractivity contribution in [2.75, 3.05) is 12.9 Å². The number of esters is 1. The Morgan fingerprint density at radius 3 is 2.75 bits per heavy atom. The van der Waals surface area contributed by atoms with Gasteiger partial charge in [-0.05, 0) is 29.9 Å². The molecule has 1 aromatic carbocycles. The van der Waals surface area contributed by atoms with E-state index in [1.807, 2.05) is 12.1 Å². The maximum atomic E-state index is 12.3. The van der Waals surface area contributed by atoms with Crippen LogP contribution in [0.2, 0.25) is 0 Å². The fraction of sp³-hybridized carbons (Fsp3) is 0.467. The van der Waals surface area contributed by atoms with E-state index >= 15 is 0 Å². The van der Waals surface area contributed by atoms with E-state index in [2.05, 4.69) is 10.8 Å². The summed E-state index contributed by atoms with van der Waals surface area (Å²) in [6.07, 6.45) is 2.19. The van der Waals surface area contributed by atoms with Gasteiger partial charge in [-0.15, -0.1) is 0 Å². The molecule has 0 bridgehead atoms. The summed E-state index contributed by atoms with van der Waals surface area (Å²) in [5.74, 6) is 0.631. The van der Waals surface area contributed by atoms with E-state index in [4.69, 9.17) is 5.26 Å². The van der Waals surface area contributed by atoms with Crippen molar-refractivity contribution < 1.29 is 13.7 Å². The first-order valence-electron chi connectivity index (χ1n) is 6.48. The van der Waals surface area contributed by atoms with E-state index in [0.717, 1.165) is 18.4 Å². The molecule has 4 nitrogen and oxygen atoms in total. The Bertz CT molecular complexity index is 573. The van der Waals surface area contributed by atoms with Gasteiger partial charge in [0.05, 0.1) is 25.2 Å². The molecule has 1 unspecified atom stereocenters. The van der Waals surface area contributed by atoms with Crippen LogP contribution in [0.5, 0.6) is 0 Å². The van der Waals surface area contributed by atoms with Crippen molar-refractivity contribution in [2.45, 2.75) is 25.0 Å². The molecule has 1 aromatic rings. The Balaban J connectivity index is 1.96. The number of ether oxygens (including phenoxy) is 1. The molecule has 0 saturated heterocycles. The highest BCUT2D eigenvalue weighted by Gasteiger charge is 2.45. The van der Waals surface area contributed by atoms with Crippen molar-refractivity contribution in [2.24, 2.45) is 5.41 Å². The maximum Gasteiger partial charge on any atom is 0.306 e. The summed E-state index contributed by atoms with van der Waals surface area (Å²) in [6, 6.07) is 9.31. The van der Waals surface area contributed by atoms with E-state index in [1.165, 1.54) is 7.11 Å². The van der Waals surface area contributed by atoms with E-state index in [9.17, 15) is 9.00 Å². The third-order valence-corrected chi connectivity index (χ3v) is 5.19. The minimum atomic E-state index is -1.07. The van der Waals surface area contributed by atoms with Gasteiger partial charge < -0.3 is 4.74 Å². The van der Waals surface area contributed by atoms with Gasteiger partial charge in [-0.25, -0.2) is 0 Å². The molecule has 1 saturated carbocycles. The molecule has 0 aromatic heterocycles. The van der Waals surface area contributed by atoms with Crippen molar-refractivity contribution in [1.82, 2.24) is 0 Å². The molecule has 106 valence electrons. The summed E-state index contributed by atoms with van der Waals surface area (Å²) in [4.78, 5) is 11.3. The first-order chi connectivity index (χ1) is 9.58. The van der Waals surface area contributed by atoms with E-state index < -0.39 is 10.8 Å². The van der Waals surface area contributed by atoms with Crippen molar-refractivity contribution in [3.05, 3.63) is 35.4 Å². The smallest absolute Gasteiger partial charge is 0.306 e. The minimum absolute atomic E-state index is 0.139. The quantitative estimate of drug-likeness (QED) is 0.753. The van der Waals surface area contributed by atoms with Crippen LogP contribution in [-0.2, 0) is 26.1 Å². The lowest BCUT2D eigenvalue weighted by atomic mass is 10.1. The Morgan fingerprint density at radius 2 is 2.15 bits per heavy atom. The lowest BCUT2D eigenvalue weighted by Crippen LogP contribution is -2.18. The van der Waals surface area contributed by atoms with Gasteiger partial charge in [0.15, 0.2) is 0 Å². The summed E-state index contributed by atoms with van der Waals surface area (Å²) < 4.78 is 16.9. The normalized spacial score (nSPS) is 17.0. The highest BCUT2D eigenvalue weighted by atomic mass is 32.2. The molecule has 0 heterocycles. The van der Waals surface area contributed by atoms with Crippen molar-refractivity contribution in [3.63, 3.8) is 0 Å². The Morgan fingerprint density at radius 1 is 1.45 bits per heavy atom. The molecule has 1 fully saturated rings. The fourth-order valence-corrected chi connectivity index (χ4v) is 4.02. The van der Waals surface area contributed by atoms with Crippen LogP contribution in [0, 0.1) is 16.7 Å². The van der Waals surface area contributed by atoms with Crippen LogP contribution in [0.15, 0.2) is 24.3 Å². The van der Waals surface area contributed by atoms with Gasteiger partial charge in [-0.1, -0.05) is 18.2 Å². The molecule has 1 atom stereocenters. The van der Waals surface area contributed by atoms with Crippen molar-refractivity contribution in [1.29, 1.82) is 5.26 Å². The number of rotatable bonds is 6. The fourth-order valence-electron chi connectivity index (χ4n) is 2.25. The van der Waals surface area contributed by atoms with Crippen LogP contribution in [0.1, 0.15) is 30.4 Å². The molecule has 0 aliphatic heterocycles. The van der Waals surface area contributed by atoms with Gasteiger partial charge in [0.2, 0.25) is 0 Å². The number of carbonyl (C=O) groups excluding carboxylic acids is 1. The predicted molar refractivity (Wildman–Crippen MR) is 76.2 cm³/mol.